The van der Waals surface area contributed by atoms with Crippen molar-refractivity contribution < 1.29 is 14.3 Å². The molecule has 0 fully saturated rings. The van der Waals surface area contributed by atoms with Crippen molar-refractivity contribution in [3.05, 3.63) is 54.1 Å². The van der Waals surface area contributed by atoms with Crippen LogP contribution in [-0.2, 0) is 11.8 Å². The third-order valence-electron chi connectivity index (χ3n) is 4.47. The molecule has 0 bridgehead atoms. The summed E-state index contributed by atoms with van der Waals surface area (Å²) in [5.74, 6) is 2.40. The van der Waals surface area contributed by atoms with Crippen molar-refractivity contribution in [3.63, 3.8) is 0 Å². The average Bonchev–Trinajstić information content (AvgIpc) is 3.32. The predicted octanol–water partition coefficient (Wildman–Crippen LogP) is 3.18. The second kappa shape index (κ2) is 7.93. The molecule has 0 saturated heterocycles. The number of carbonyl (C=O) groups excluding carboxylic acids is 1. The number of thioether (sulfide) groups is 1. The zero-order chi connectivity index (χ0) is 19.5. The Morgan fingerprint density at radius 1 is 1.18 bits per heavy atom. The van der Waals surface area contributed by atoms with E-state index in [0.717, 1.165) is 22.7 Å². The molecule has 0 radical (unpaired) electrons. The van der Waals surface area contributed by atoms with Crippen LogP contribution in [0.3, 0.4) is 0 Å². The number of hydrogen-bond donors (Lipinski definition) is 1. The topological polar surface area (TPSA) is 78.3 Å². The number of amides is 1. The summed E-state index contributed by atoms with van der Waals surface area (Å²) in [5.41, 5.74) is 1.96. The number of ether oxygens (including phenoxy) is 2. The van der Waals surface area contributed by atoms with Crippen LogP contribution in [0.5, 0.6) is 11.5 Å². The van der Waals surface area contributed by atoms with Crippen LogP contribution in [0.25, 0.3) is 11.4 Å². The smallest absolute Gasteiger partial charge is 0.231 e. The molecular formula is C20H20N4O3S. The minimum Gasteiger partial charge on any atom is -0.454 e. The summed E-state index contributed by atoms with van der Waals surface area (Å²) in [5, 5.41) is 12.1. The van der Waals surface area contributed by atoms with Gasteiger partial charge in [0.15, 0.2) is 22.5 Å². The molecule has 8 heteroatoms. The monoisotopic (exact) mass is 396 g/mol. The molecule has 4 rings (SSSR count). The molecule has 7 nitrogen and oxygen atoms in total. The first-order valence-electron chi connectivity index (χ1n) is 8.88. The summed E-state index contributed by atoms with van der Waals surface area (Å²) in [4.78, 5) is 12.4. The molecule has 1 aliphatic rings. The standard InChI is InChI=1S/C20H20N4O3S/c1-13(15-8-9-16-17(10-15)27-12-26-16)21-18(25)11-28-20-23-22-19(24(20)2)14-6-4-3-5-7-14/h3-10,13H,11-12H2,1-2H3,(H,21,25)/t13-/m1/s1. The quantitative estimate of drug-likeness (QED) is 0.645. The molecule has 1 atom stereocenters. The van der Waals surface area contributed by atoms with Crippen molar-refractivity contribution in [1.29, 1.82) is 0 Å². The third-order valence-corrected chi connectivity index (χ3v) is 5.49. The van der Waals surface area contributed by atoms with Gasteiger partial charge in [0.05, 0.1) is 11.8 Å². The Morgan fingerprint density at radius 2 is 1.96 bits per heavy atom. The largest absolute Gasteiger partial charge is 0.454 e. The molecule has 144 valence electrons. The summed E-state index contributed by atoms with van der Waals surface area (Å²) in [6.45, 7) is 2.18. The van der Waals surface area contributed by atoms with Crippen LogP contribution in [0, 0.1) is 0 Å². The molecule has 0 aliphatic carbocycles. The molecule has 0 saturated carbocycles. The van der Waals surface area contributed by atoms with Gasteiger partial charge in [0.1, 0.15) is 0 Å². The van der Waals surface area contributed by atoms with Crippen molar-refractivity contribution in [1.82, 2.24) is 20.1 Å². The molecule has 0 unspecified atom stereocenters. The van der Waals surface area contributed by atoms with Crippen LogP contribution < -0.4 is 14.8 Å². The Bertz CT molecular complexity index is 990. The minimum atomic E-state index is -0.137. The lowest BCUT2D eigenvalue weighted by Gasteiger charge is -2.14. The number of hydrogen-bond acceptors (Lipinski definition) is 6. The highest BCUT2D eigenvalue weighted by Gasteiger charge is 2.18. The molecule has 28 heavy (non-hydrogen) atoms. The summed E-state index contributed by atoms with van der Waals surface area (Å²) >= 11 is 1.36. The summed E-state index contributed by atoms with van der Waals surface area (Å²) in [6, 6.07) is 15.4. The van der Waals surface area contributed by atoms with E-state index < -0.39 is 0 Å². The fourth-order valence-corrected chi connectivity index (χ4v) is 3.68. The van der Waals surface area contributed by atoms with Crippen LogP contribution in [-0.4, -0.2) is 33.2 Å². The van der Waals surface area contributed by atoms with E-state index in [2.05, 4.69) is 15.5 Å². The highest BCUT2D eigenvalue weighted by atomic mass is 32.2. The van der Waals surface area contributed by atoms with Crippen LogP contribution in [0.15, 0.2) is 53.7 Å². The molecule has 2 heterocycles. The van der Waals surface area contributed by atoms with Gasteiger partial charge in [-0.25, -0.2) is 0 Å². The lowest BCUT2D eigenvalue weighted by Crippen LogP contribution is -2.28. The molecule has 0 spiro atoms. The Labute approximate surface area is 167 Å². The highest BCUT2D eigenvalue weighted by Crippen LogP contribution is 2.34. The van der Waals surface area contributed by atoms with Gasteiger partial charge >= 0.3 is 0 Å². The van der Waals surface area contributed by atoms with E-state index >= 15 is 0 Å². The number of nitrogens with zero attached hydrogens (tertiary/aromatic N) is 3. The predicted molar refractivity (Wildman–Crippen MR) is 106 cm³/mol. The lowest BCUT2D eigenvalue weighted by atomic mass is 10.1. The number of carbonyl (C=O) groups is 1. The van der Waals surface area contributed by atoms with Gasteiger partial charge in [-0.05, 0) is 24.6 Å². The maximum atomic E-state index is 12.4. The van der Waals surface area contributed by atoms with Gasteiger partial charge in [0, 0.05) is 12.6 Å². The van der Waals surface area contributed by atoms with Gasteiger partial charge in [-0.1, -0.05) is 48.2 Å². The average molecular weight is 396 g/mol. The fourth-order valence-electron chi connectivity index (χ4n) is 2.96. The maximum Gasteiger partial charge on any atom is 0.231 e. The number of rotatable bonds is 6. The molecule has 1 aliphatic heterocycles. The van der Waals surface area contributed by atoms with E-state index in [0.29, 0.717) is 10.9 Å². The number of fused-ring (bicyclic) bond motifs is 1. The van der Waals surface area contributed by atoms with E-state index in [9.17, 15) is 4.79 Å². The Morgan fingerprint density at radius 3 is 2.79 bits per heavy atom. The van der Waals surface area contributed by atoms with E-state index in [4.69, 9.17) is 9.47 Å². The van der Waals surface area contributed by atoms with Gasteiger partial charge in [-0.15, -0.1) is 10.2 Å². The molecule has 2 aromatic carbocycles. The molecular weight excluding hydrogens is 376 g/mol. The Balaban J connectivity index is 1.35. The second-order valence-corrected chi connectivity index (χ2v) is 7.36. The minimum absolute atomic E-state index is 0.0700. The maximum absolute atomic E-state index is 12.4. The molecule has 1 amide bonds. The second-order valence-electron chi connectivity index (χ2n) is 6.42. The van der Waals surface area contributed by atoms with Gasteiger partial charge in [0.25, 0.3) is 0 Å². The van der Waals surface area contributed by atoms with E-state index in [1.54, 1.807) is 0 Å². The van der Waals surface area contributed by atoms with E-state index in [1.807, 2.05) is 67.1 Å². The Kier molecular flexibility index (Phi) is 5.21. The van der Waals surface area contributed by atoms with Crippen LogP contribution in [0.4, 0.5) is 0 Å². The number of nitrogens with one attached hydrogen (secondary N) is 1. The molecule has 1 aromatic heterocycles. The van der Waals surface area contributed by atoms with E-state index in [1.165, 1.54) is 11.8 Å². The highest BCUT2D eigenvalue weighted by molar-refractivity contribution is 7.99. The van der Waals surface area contributed by atoms with Crippen LogP contribution in [0.1, 0.15) is 18.5 Å². The molecule has 3 aromatic rings. The number of aromatic nitrogens is 3. The van der Waals surface area contributed by atoms with Crippen molar-refractivity contribution in [3.8, 4) is 22.9 Å². The van der Waals surface area contributed by atoms with Crippen LogP contribution >= 0.6 is 11.8 Å². The third kappa shape index (κ3) is 3.82. The SMILES string of the molecule is C[C@@H](NC(=O)CSc1nnc(-c2ccccc2)n1C)c1ccc2c(c1)OCO2. The van der Waals surface area contributed by atoms with Gasteiger partial charge in [-0.2, -0.15) is 0 Å². The van der Waals surface area contributed by atoms with Crippen molar-refractivity contribution in [2.45, 2.75) is 18.1 Å². The van der Waals surface area contributed by atoms with Crippen LogP contribution in [0.2, 0.25) is 0 Å². The van der Waals surface area contributed by atoms with Crippen molar-refractivity contribution >= 4 is 17.7 Å². The van der Waals surface area contributed by atoms with Gasteiger partial charge in [-0.3, -0.25) is 4.79 Å². The van der Waals surface area contributed by atoms with Crippen molar-refractivity contribution in [2.24, 2.45) is 7.05 Å². The Hall–Kier alpha value is -3.00. The van der Waals surface area contributed by atoms with Crippen molar-refractivity contribution in [2.75, 3.05) is 12.5 Å². The normalized spacial score (nSPS) is 13.4. The summed E-state index contributed by atoms with van der Waals surface area (Å²) in [7, 11) is 1.90. The zero-order valence-electron chi connectivity index (χ0n) is 15.6. The van der Waals surface area contributed by atoms with Gasteiger partial charge < -0.3 is 19.4 Å². The van der Waals surface area contributed by atoms with Gasteiger partial charge in [0.2, 0.25) is 12.7 Å². The number of benzene rings is 2. The first kappa shape index (κ1) is 18.4. The zero-order valence-corrected chi connectivity index (χ0v) is 16.4. The van der Waals surface area contributed by atoms with E-state index in [-0.39, 0.29) is 24.5 Å². The lowest BCUT2D eigenvalue weighted by molar-refractivity contribution is -0.119. The fraction of sp³-hybridized carbons (Fsp3) is 0.250. The first-order valence-corrected chi connectivity index (χ1v) is 9.87. The first-order chi connectivity index (χ1) is 13.6. The summed E-state index contributed by atoms with van der Waals surface area (Å²) in [6.07, 6.45) is 0. The molecule has 1 N–H and O–H groups in total. The summed E-state index contributed by atoms with van der Waals surface area (Å²) < 4.78 is 12.6.